The summed E-state index contributed by atoms with van der Waals surface area (Å²) in [5.74, 6) is 0. The van der Waals surface area contributed by atoms with Crippen LogP contribution in [0.25, 0.3) is 32.3 Å². The second-order valence-corrected chi connectivity index (χ2v) is 9.74. The number of fused-ring (bicyclic) bond motifs is 3. The molecule has 0 heterocycles. The molecule has 0 saturated heterocycles. The average molecular weight is 559 g/mol. The van der Waals surface area contributed by atoms with Crippen LogP contribution in [0.4, 0.5) is 0 Å². The second kappa shape index (κ2) is 19.3. The molecule has 0 radical (unpaired) electrons. The predicted octanol–water partition coefficient (Wildman–Crippen LogP) is 13.4. The van der Waals surface area contributed by atoms with Crippen molar-refractivity contribution in [1.29, 1.82) is 0 Å². The van der Waals surface area contributed by atoms with Crippen molar-refractivity contribution in [2.75, 3.05) is 0 Å². The Morgan fingerprint density at radius 3 is 0.905 bits per heavy atom. The minimum atomic E-state index is 1.33. The minimum Gasteiger partial charge on any atom is -0.0683 e. The molecular weight excluding hydrogens is 504 g/mol. The summed E-state index contributed by atoms with van der Waals surface area (Å²) in [4.78, 5) is 0. The zero-order valence-corrected chi connectivity index (χ0v) is 28.4. The van der Waals surface area contributed by atoms with Crippen molar-refractivity contribution in [2.24, 2.45) is 0 Å². The number of aryl methyl sites for hydroxylation is 6. The van der Waals surface area contributed by atoms with Gasteiger partial charge in [0.25, 0.3) is 0 Å². The quantitative estimate of drug-likeness (QED) is 0.174. The van der Waals surface area contributed by atoms with Gasteiger partial charge in [-0.25, -0.2) is 0 Å². The van der Waals surface area contributed by atoms with Crippen LogP contribution in [0.5, 0.6) is 0 Å². The van der Waals surface area contributed by atoms with Gasteiger partial charge in [-0.2, -0.15) is 0 Å². The molecule has 0 nitrogen and oxygen atoms in total. The van der Waals surface area contributed by atoms with E-state index in [-0.39, 0.29) is 0 Å². The first-order chi connectivity index (χ1) is 20.3. The molecule has 0 aromatic heterocycles. The smallest absolute Gasteiger partial charge is 0.0152 e. The van der Waals surface area contributed by atoms with E-state index in [1.165, 1.54) is 65.7 Å². The Bertz CT molecular complexity index is 1500. The predicted molar refractivity (Wildman–Crippen MR) is 194 cm³/mol. The van der Waals surface area contributed by atoms with E-state index < -0.39 is 0 Å². The van der Waals surface area contributed by atoms with Crippen LogP contribution in [0, 0.1) is 41.5 Å². The Hall–Kier alpha value is -3.90. The molecule has 0 aliphatic heterocycles. The lowest BCUT2D eigenvalue weighted by Gasteiger charge is -2.04. The van der Waals surface area contributed by atoms with Gasteiger partial charge in [0, 0.05) is 0 Å². The van der Waals surface area contributed by atoms with Crippen molar-refractivity contribution in [2.45, 2.75) is 83.1 Å². The molecule has 0 aliphatic rings. The fraction of sp³-hybridized carbons (Fsp3) is 0.286. The SMILES string of the molecule is CC.CC.CC.Cc1cc2ccccc2cc1C.Cc1ccc2ccccc2c1C.Cc1ccc2ccccc2c1C. The maximum Gasteiger partial charge on any atom is -0.0152 e. The number of hydrogen-bond donors (Lipinski definition) is 0. The first kappa shape index (κ1) is 36.1. The van der Waals surface area contributed by atoms with E-state index in [1.807, 2.05) is 41.5 Å². The van der Waals surface area contributed by atoms with Crippen molar-refractivity contribution >= 4 is 32.3 Å². The van der Waals surface area contributed by atoms with Gasteiger partial charge in [-0.1, -0.05) is 151 Å². The van der Waals surface area contributed by atoms with Crippen molar-refractivity contribution in [3.8, 4) is 0 Å². The minimum absolute atomic E-state index is 1.33. The molecule has 0 saturated carbocycles. The molecule has 6 rings (SSSR count). The Balaban J connectivity index is 0.000000289. The first-order valence-electron chi connectivity index (χ1n) is 15.7. The maximum absolute atomic E-state index is 2.24. The van der Waals surface area contributed by atoms with Gasteiger partial charge in [0.2, 0.25) is 0 Å². The van der Waals surface area contributed by atoms with Crippen LogP contribution in [0.15, 0.2) is 109 Å². The number of hydrogen-bond acceptors (Lipinski definition) is 0. The highest BCUT2D eigenvalue weighted by atomic mass is 14.0. The van der Waals surface area contributed by atoms with E-state index in [4.69, 9.17) is 0 Å². The Morgan fingerprint density at radius 2 is 0.571 bits per heavy atom. The molecule has 0 bridgehead atoms. The maximum atomic E-state index is 2.24. The summed E-state index contributed by atoms with van der Waals surface area (Å²) in [7, 11) is 0. The van der Waals surface area contributed by atoms with Crippen molar-refractivity contribution < 1.29 is 0 Å². The summed E-state index contributed by atoms with van der Waals surface area (Å²) in [6.07, 6.45) is 0. The normalized spacial score (nSPS) is 9.43. The van der Waals surface area contributed by atoms with Crippen LogP contribution in [0.3, 0.4) is 0 Å². The summed E-state index contributed by atoms with van der Waals surface area (Å²) in [5.41, 5.74) is 8.27. The molecule has 0 atom stereocenters. The monoisotopic (exact) mass is 558 g/mol. The fourth-order valence-corrected chi connectivity index (χ4v) is 4.54. The van der Waals surface area contributed by atoms with E-state index in [2.05, 4.69) is 151 Å². The molecule has 0 unspecified atom stereocenters. The van der Waals surface area contributed by atoms with Crippen LogP contribution in [0.2, 0.25) is 0 Å². The molecule has 0 aliphatic carbocycles. The van der Waals surface area contributed by atoms with Gasteiger partial charge in [-0.3, -0.25) is 0 Å². The largest absolute Gasteiger partial charge is 0.0683 e. The highest BCUT2D eigenvalue weighted by Crippen LogP contribution is 2.22. The van der Waals surface area contributed by atoms with E-state index in [0.717, 1.165) is 0 Å². The third-order valence-electron chi connectivity index (χ3n) is 7.30. The summed E-state index contributed by atoms with van der Waals surface area (Å²) in [6.45, 7) is 25.0. The summed E-state index contributed by atoms with van der Waals surface area (Å²) in [6, 6.07) is 38.7. The molecular formula is C42H54. The van der Waals surface area contributed by atoms with Crippen molar-refractivity contribution in [3.63, 3.8) is 0 Å². The molecule has 0 amide bonds. The van der Waals surface area contributed by atoms with Gasteiger partial charge in [0.1, 0.15) is 0 Å². The topological polar surface area (TPSA) is 0 Å². The molecule has 0 heteroatoms. The fourth-order valence-electron chi connectivity index (χ4n) is 4.54. The average Bonchev–Trinajstić information content (AvgIpc) is 3.05. The van der Waals surface area contributed by atoms with Crippen molar-refractivity contribution in [3.05, 3.63) is 143 Å². The van der Waals surface area contributed by atoms with Crippen LogP contribution in [0.1, 0.15) is 74.9 Å². The van der Waals surface area contributed by atoms with Gasteiger partial charge >= 0.3 is 0 Å². The standard InChI is InChI=1S/3C12H12.3C2H6/c1-9-7-11-5-3-4-6-12(11)8-10(9)2;2*1-9-7-8-11-5-3-4-6-12(11)10(9)2;3*1-2/h3*3-8H,1-2H3;3*1-2H3. The Morgan fingerprint density at radius 1 is 0.286 bits per heavy atom. The first-order valence-corrected chi connectivity index (χ1v) is 15.7. The molecule has 222 valence electrons. The van der Waals surface area contributed by atoms with Crippen molar-refractivity contribution in [1.82, 2.24) is 0 Å². The van der Waals surface area contributed by atoms with Gasteiger partial charge in [0.05, 0.1) is 0 Å². The van der Waals surface area contributed by atoms with Gasteiger partial charge in [-0.15, -0.1) is 0 Å². The van der Waals surface area contributed by atoms with Gasteiger partial charge < -0.3 is 0 Å². The zero-order valence-electron chi connectivity index (χ0n) is 28.4. The molecule has 0 spiro atoms. The van der Waals surface area contributed by atoms with Crippen LogP contribution < -0.4 is 0 Å². The summed E-state index contributed by atoms with van der Waals surface area (Å²) in [5, 5.41) is 8.08. The molecule has 42 heavy (non-hydrogen) atoms. The van der Waals surface area contributed by atoms with E-state index >= 15 is 0 Å². The summed E-state index contributed by atoms with van der Waals surface area (Å²) >= 11 is 0. The molecule has 0 fully saturated rings. The number of rotatable bonds is 0. The molecule has 0 N–H and O–H groups in total. The highest BCUT2D eigenvalue weighted by Gasteiger charge is 1.98. The molecule has 6 aromatic carbocycles. The van der Waals surface area contributed by atoms with Gasteiger partial charge in [-0.05, 0) is 107 Å². The lowest BCUT2D eigenvalue weighted by Crippen LogP contribution is -1.82. The van der Waals surface area contributed by atoms with Gasteiger partial charge in [0.15, 0.2) is 0 Å². The number of benzene rings is 6. The molecule has 6 aromatic rings. The van der Waals surface area contributed by atoms with Crippen LogP contribution in [-0.4, -0.2) is 0 Å². The Labute approximate surface area is 257 Å². The third kappa shape index (κ3) is 9.88. The van der Waals surface area contributed by atoms with Crippen LogP contribution in [-0.2, 0) is 0 Å². The van der Waals surface area contributed by atoms with E-state index in [0.29, 0.717) is 0 Å². The lowest BCUT2D eigenvalue weighted by atomic mass is 10.0. The second-order valence-electron chi connectivity index (χ2n) is 9.74. The zero-order chi connectivity index (χ0) is 31.7. The lowest BCUT2D eigenvalue weighted by molar-refractivity contribution is 1.37. The van der Waals surface area contributed by atoms with E-state index in [9.17, 15) is 0 Å². The third-order valence-corrected chi connectivity index (χ3v) is 7.30. The highest BCUT2D eigenvalue weighted by molar-refractivity contribution is 5.87. The van der Waals surface area contributed by atoms with E-state index in [1.54, 1.807) is 0 Å². The Kier molecular flexibility index (Phi) is 16.6. The summed E-state index contributed by atoms with van der Waals surface area (Å²) < 4.78 is 0. The van der Waals surface area contributed by atoms with Crippen LogP contribution >= 0.6 is 0 Å².